The highest BCUT2D eigenvalue weighted by atomic mass is 16.1. The van der Waals surface area contributed by atoms with Crippen LogP contribution in [0.25, 0.3) is 21.8 Å². The largest absolute Gasteiger partial charge is 0.353 e. The lowest BCUT2D eigenvalue weighted by atomic mass is 10.00. The second-order valence-corrected chi connectivity index (χ2v) is 6.61. The smallest absolute Gasteiger partial charge is 0.221 e. The molecule has 130 valence electrons. The minimum Gasteiger partial charge on any atom is -0.353 e. The van der Waals surface area contributed by atoms with E-state index in [0.717, 1.165) is 30.5 Å². The van der Waals surface area contributed by atoms with E-state index < -0.39 is 0 Å². The second-order valence-electron chi connectivity index (χ2n) is 6.61. The Balaban J connectivity index is 2.22. The fraction of sp³-hybridized carbons (Fsp3) is 0.300. The molecule has 0 radical (unpaired) electrons. The summed E-state index contributed by atoms with van der Waals surface area (Å²) in [5.74, 6) is -0.157. The zero-order chi connectivity index (χ0) is 18.0. The van der Waals surface area contributed by atoms with Crippen LogP contribution in [0, 0.1) is 0 Å². The number of anilines is 1. The van der Waals surface area contributed by atoms with Crippen LogP contribution in [0.1, 0.15) is 18.9 Å². The SMILES string of the molecule is CC(=O)Nc1ccc(CCCN(C)C)c2c(=O)c3ccccc3[nH]c12. The van der Waals surface area contributed by atoms with E-state index in [9.17, 15) is 9.59 Å². The summed E-state index contributed by atoms with van der Waals surface area (Å²) in [6.07, 6.45) is 1.78. The lowest BCUT2D eigenvalue weighted by molar-refractivity contribution is -0.114. The first-order valence-electron chi connectivity index (χ1n) is 8.46. The summed E-state index contributed by atoms with van der Waals surface area (Å²) in [5, 5.41) is 4.16. The number of nitrogens with one attached hydrogen (secondary N) is 2. The lowest BCUT2D eigenvalue weighted by Gasteiger charge is -2.14. The fourth-order valence-corrected chi connectivity index (χ4v) is 3.18. The molecular formula is C20H23N3O2. The van der Waals surface area contributed by atoms with E-state index in [4.69, 9.17) is 0 Å². The van der Waals surface area contributed by atoms with Crippen LogP contribution in [0.15, 0.2) is 41.2 Å². The van der Waals surface area contributed by atoms with E-state index in [1.54, 1.807) is 0 Å². The van der Waals surface area contributed by atoms with Gasteiger partial charge in [-0.1, -0.05) is 18.2 Å². The Hall–Kier alpha value is -2.66. The van der Waals surface area contributed by atoms with Gasteiger partial charge in [0.1, 0.15) is 0 Å². The monoisotopic (exact) mass is 337 g/mol. The van der Waals surface area contributed by atoms with Gasteiger partial charge in [-0.05, 0) is 57.2 Å². The number of hydrogen-bond donors (Lipinski definition) is 2. The highest BCUT2D eigenvalue weighted by Crippen LogP contribution is 2.26. The predicted octanol–water partition coefficient (Wildman–Crippen LogP) is 3.13. The fourth-order valence-electron chi connectivity index (χ4n) is 3.18. The van der Waals surface area contributed by atoms with Crippen molar-refractivity contribution in [3.63, 3.8) is 0 Å². The first-order valence-corrected chi connectivity index (χ1v) is 8.46. The average Bonchev–Trinajstić information content (AvgIpc) is 2.56. The molecule has 2 aromatic carbocycles. The number of H-pyrrole nitrogens is 1. The van der Waals surface area contributed by atoms with E-state index in [1.807, 2.05) is 50.5 Å². The van der Waals surface area contributed by atoms with Crippen molar-refractivity contribution in [2.45, 2.75) is 19.8 Å². The van der Waals surface area contributed by atoms with Crippen molar-refractivity contribution in [2.75, 3.05) is 26.0 Å². The van der Waals surface area contributed by atoms with Crippen LogP contribution in [0.4, 0.5) is 5.69 Å². The minimum atomic E-state index is -0.157. The Bertz CT molecular complexity index is 989. The second kappa shape index (κ2) is 7.07. The number of para-hydroxylation sites is 1. The van der Waals surface area contributed by atoms with Crippen molar-refractivity contribution >= 4 is 33.4 Å². The van der Waals surface area contributed by atoms with Gasteiger partial charge in [0.25, 0.3) is 0 Å². The first-order chi connectivity index (χ1) is 12.0. The molecule has 0 atom stereocenters. The Labute approximate surface area is 146 Å². The standard InChI is InChI=1S/C20H23N3O2/c1-13(24)21-17-11-10-14(7-6-12-23(2)3)18-19(17)22-16-9-5-4-8-15(16)20(18)25/h4-5,8-11H,6-7,12H2,1-3H3,(H,21,24)(H,22,25). The van der Waals surface area contributed by atoms with Crippen LogP contribution in [-0.4, -0.2) is 36.4 Å². The van der Waals surface area contributed by atoms with Crippen molar-refractivity contribution in [3.05, 3.63) is 52.2 Å². The van der Waals surface area contributed by atoms with Gasteiger partial charge in [0, 0.05) is 17.8 Å². The third-order valence-corrected chi connectivity index (χ3v) is 4.31. The third-order valence-electron chi connectivity index (χ3n) is 4.31. The van der Waals surface area contributed by atoms with Crippen LogP contribution in [0.2, 0.25) is 0 Å². The molecule has 0 saturated heterocycles. The number of amides is 1. The molecule has 1 amide bonds. The first kappa shape index (κ1) is 17.2. The number of carbonyl (C=O) groups excluding carboxylic acids is 1. The summed E-state index contributed by atoms with van der Waals surface area (Å²) < 4.78 is 0. The maximum atomic E-state index is 13.1. The molecule has 0 aliphatic carbocycles. The molecule has 0 spiro atoms. The number of carbonyl (C=O) groups is 1. The highest BCUT2D eigenvalue weighted by molar-refractivity contribution is 6.04. The van der Waals surface area contributed by atoms with Crippen molar-refractivity contribution in [3.8, 4) is 0 Å². The summed E-state index contributed by atoms with van der Waals surface area (Å²) in [6, 6.07) is 11.3. The number of rotatable bonds is 5. The molecule has 2 N–H and O–H groups in total. The van der Waals surface area contributed by atoms with E-state index in [-0.39, 0.29) is 11.3 Å². The molecule has 1 heterocycles. The molecule has 0 aliphatic rings. The van der Waals surface area contributed by atoms with Gasteiger partial charge in [-0.3, -0.25) is 9.59 Å². The quantitative estimate of drug-likeness (QED) is 0.703. The molecule has 0 saturated carbocycles. The third kappa shape index (κ3) is 3.56. The molecule has 0 aliphatic heterocycles. The number of pyridine rings is 1. The van der Waals surface area contributed by atoms with Crippen LogP contribution < -0.4 is 10.7 Å². The molecule has 25 heavy (non-hydrogen) atoms. The van der Waals surface area contributed by atoms with Gasteiger partial charge in [0.15, 0.2) is 5.43 Å². The molecule has 5 nitrogen and oxygen atoms in total. The lowest BCUT2D eigenvalue weighted by Crippen LogP contribution is -2.15. The van der Waals surface area contributed by atoms with Crippen molar-refractivity contribution < 1.29 is 4.79 Å². The van der Waals surface area contributed by atoms with Crippen molar-refractivity contribution in [2.24, 2.45) is 0 Å². The van der Waals surface area contributed by atoms with E-state index >= 15 is 0 Å². The normalized spacial score (nSPS) is 11.4. The van der Waals surface area contributed by atoms with Gasteiger partial charge >= 0.3 is 0 Å². The van der Waals surface area contributed by atoms with Crippen LogP contribution >= 0.6 is 0 Å². The summed E-state index contributed by atoms with van der Waals surface area (Å²) in [4.78, 5) is 30.1. The van der Waals surface area contributed by atoms with Gasteiger partial charge in [0.2, 0.25) is 5.91 Å². The summed E-state index contributed by atoms with van der Waals surface area (Å²) in [7, 11) is 4.08. The number of aromatic amines is 1. The maximum absolute atomic E-state index is 13.1. The number of hydrogen-bond acceptors (Lipinski definition) is 3. The number of benzene rings is 2. The molecule has 0 unspecified atom stereocenters. The molecule has 3 aromatic rings. The van der Waals surface area contributed by atoms with Crippen LogP contribution in [0.5, 0.6) is 0 Å². The zero-order valence-electron chi connectivity index (χ0n) is 14.8. The van der Waals surface area contributed by atoms with Crippen molar-refractivity contribution in [1.29, 1.82) is 0 Å². The highest BCUT2D eigenvalue weighted by Gasteiger charge is 2.13. The molecule has 1 aromatic heterocycles. The molecule has 0 bridgehead atoms. The number of aromatic nitrogens is 1. The zero-order valence-corrected chi connectivity index (χ0v) is 14.8. The topological polar surface area (TPSA) is 65.2 Å². The number of fused-ring (bicyclic) bond motifs is 2. The van der Waals surface area contributed by atoms with E-state index in [1.165, 1.54) is 6.92 Å². The van der Waals surface area contributed by atoms with Gasteiger partial charge in [-0.2, -0.15) is 0 Å². The Kier molecular flexibility index (Phi) is 4.86. The van der Waals surface area contributed by atoms with Gasteiger partial charge in [-0.15, -0.1) is 0 Å². The minimum absolute atomic E-state index is 0.0106. The Morgan fingerprint density at radius 2 is 1.92 bits per heavy atom. The molecule has 5 heteroatoms. The number of nitrogens with zero attached hydrogens (tertiary/aromatic N) is 1. The van der Waals surface area contributed by atoms with E-state index in [2.05, 4.69) is 15.2 Å². The van der Waals surface area contributed by atoms with Crippen LogP contribution in [-0.2, 0) is 11.2 Å². The maximum Gasteiger partial charge on any atom is 0.221 e. The average molecular weight is 337 g/mol. The van der Waals surface area contributed by atoms with Crippen LogP contribution in [0.3, 0.4) is 0 Å². The Morgan fingerprint density at radius 3 is 2.64 bits per heavy atom. The predicted molar refractivity (Wildman–Crippen MR) is 103 cm³/mol. The summed E-state index contributed by atoms with van der Waals surface area (Å²) in [5.41, 5.74) is 3.13. The summed E-state index contributed by atoms with van der Waals surface area (Å²) >= 11 is 0. The van der Waals surface area contributed by atoms with E-state index in [0.29, 0.717) is 22.0 Å². The summed E-state index contributed by atoms with van der Waals surface area (Å²) in [6.45, 7) is 2.43. The number of aryl methyl sites for hydroxylation is 1. The van der Waals surface area contributed by atoms with Gasteiger partial charge < -0.3 is 15.2 Å². The molecule has 0 fully saturated rings. The molecular weight excluding hydrogens is 314 g/mol. The Morgan fingerprint density at radius 1 is 1.16 bits per heavy atom. The molecule has 3 rings (SSSR count). The van der Waals surface area contributed by atoms with Crippen molar-refractivity contribution in [1.82, 2.24) is 9.88 Å². The van der Waals surface area contributed by atoms with Gasteiger partial charge in [-0.25, -0.2) is 0 Å². The van der Waals surface area contributed by atoms with Gasteiger partial charge in [0.05, 0.1) is 16.6 Å².